The Balaban J connectivity index is 1.37. The van der Waals surface area contributed by atoms with Gasteiger partial charge in [-0.25, -0.2) is 4.79 Å². The first kappa shape index (κ1) is 22.4. The largest absolute Gasteiger partial charge is 0.462 e. The van der Waals surface area contributed by atoms with Gasteiger partial charge in [0.2, 0.25) is 0 Å². The van der Waals surface area contributed by atoms with Crippen molar-refractivity contribution in [2.24, 2.45) is 28.6 Å². The summed E-state index contributed by atoms with van der Waals surface area (Å²) >= 11 is 0. The number of ether oxygens (including phenoxy) is 2. The van der Waals surface area contributed by atoms with Crippen LogP contribution in [0, 0.1) is 28.6 Å². The molecule has 176 valence electrons. The predicted octanol–water partition coefficient (Wildman–Crippen LogP) is 5.29. The maximum absolute atomic E-state index is 13.5. The van der Waals surface area contributed by atoms with Gasteiger partial charge in [0, 0.05) is 24.7 Å². The Morgan fingerprint density at radius 2 is 1.70 bits per heavy atom. The van der Waals surface area contributed by atoms with Gasteiger partial charge in [-0.3, -0.25) is 9.59 Å². The second kappa shape index (κ2) is 8.11. The lowest BCUT2D eigenvalue weighted by Crippen LogP contribution is -2.54. The zero-order valence-electron chi connectivity index (χ0n) is 19.8. The summed E-state index contributed by atoms with van der Waals surface area (Å²) in [6.45, 7) is 6.00. The highest BCUT2D eigenvalue weighted by molar-refractivity contribution is 5.94. The fourth-order valence-corrected chi connectivity index (χ4v) is 7.62. The maximum atomic E-state index is 13.5. The second-order valence-electron chi connectivity index (χ2n) is 11.1. The van der Waals surface area contributed by atoms with Gasteiger partial charge in [0.05, 0.1) is 5.56 Å². The number of carbonyl (C=O) groups excluding carboxylic acids is 3. The van der Waals surface area contributed by atoms with Crippen molar-refractivity contribution >= 4 is 17.7 Å². The molecule has 3 fully saturated rings. The van der Waals surface area contributed by atoms with Crippen molar-refractivity contribution in [2.75, 3.05) is 0 Å². The topological polar surface area (TPSA) is 69.7 Å². The van der Waals surface area contributed by atoms with E-state index in [0.29, 0.717) is 17.9 Å². The quantitative estimate of drug-likeness (QED) is 0.586. The van der Waals surface area contributed by atoms with Gasteiger partial charge in [0.1, 0.15) is 12.2 Å². The number of fused-ring (bicyclic) bond motifs is 5. The molecule has 0 saturated heterocycles. The molecule has 0 bridgehead atoms. The number of hydrogen-bond donors (Lipinski definition) is 0. The number of benzene rings is 1. The summed E-state index contributed by atoms with van der Waals surface area (Å²) in [5.74, 6) is 0.241. The fraction of sp³-hybridized carbons (Fsp3) is 0.607. The number of rotatable bonds is 3. The Morgan fingerprint density at radius 1 is 0.939 bits per heavy atom. The van der Waals surface area contributed by atoms with E-state index in [1.807, 2.05) is 24.3 Å². The first-order valence-corrected chi connectivity index (χ1v) is 12.4. The summed E-state index contributed by atoms with van der Waals surface area (Å²) < 4.78 is 11.5. The van der Waals surface area contributed by atoms with Crippen LogP contribution < -0.4 is 0 Å². The Hall–Kier alpha value is -2.43. The van der Waals surface area contributed by atoms with Gasteiger partial charge < -0.3 is 9.47 Å². The molecule has 0 aliphatic heterocycles. The molecule has 0 N–H and O–H groups in total. The molecule has 4 aliphatic rings. The third kappa shape index (κ3) is 3.64. The third-order valence-electron chi connectivity index (χ3n) is 9.41. The van der Waals surface area contributed by atoms with Gasteiger partial charge in [0.25, 0.3) is 0 Å². The molecule has 3 saturated carbocycles. The molecule has 33 heavy (non-hydrogen) atoms. The van der Waals surface area contributed by atoms with Gasteiger partial charge in [-0.1, -0.05) is 37.6 Å². The highest BCUT2D eigenvalue weighted by Gasteiger charge is 2.62. The molecule has 1 aromatic rings. The SMILES string of the molecule is CC(=O)O[C@H]1CC[C@@]2(C)C(=CC(=O)[C@H]3[C@H]4CC[C@H](OC(=O)c5ccccc5)[C@@]4(C)CC[C@@H]32)C1. The van der Waals surface area contributed by atoms with E-state index in [4.69, 9.17) is 9.47 Å². The van der Waals surface area contributed by atoms with Crippen LogP contribution in [-0.2, 0) is 19.1 Å². The van der Waals surface area contributed by atoms with Gasteiger partial charge in [-0.15, -0.1) is 0 Å². The van der Waals surface area contributed by atoms with Crippen molar-refractivity contribution in [1.29, 1.82) is 0 Å². The molecular formula is C28H34O5. The zero-order valence-corrected chi connectivity index (χ0v) is 19.8. The lowest BCUT2D eigenvalue weighted by Gasteiger charge is -2.56. The van der Waals surface area contributed by atoms with Crippen molar-refractivity contribution in [3.8, 4) is 0 Å². The molecule has 0 unspecified atom stereocenters. The van der Waals surface area contributed by atoms with Crippen LogP contribution in [0.15, 0.2) is 42.0 Å². The lowest BCUT2D eigenvalue weighted by atomic mass is 9.47. The molecule has 0 amide bonds. The minimum atomic E-state index is -0.266. The Kier molecular flexibility index (Phi) is 5.49. The van der Waals surface area contributed by atoms with Gasteiger partial charge in [0.15, 0.2) is 5.78 Å². The van der Waals surface area contributed by atoms with Crippen molar-refractivity contribution in [3.05, 3.63) is 47.5 Å². The van der Waals surface area contributed by atoms with E-state index in [0.717, 1.165) is 38.5 Å². The molecular weight excluding hydrogens is 416 g/mol. The second-order valence-corrected chi connectivity index (χ2v) is 11.1. The van der Waals surface area contributed by atoms with Crippen LogP contribution >= 0.6 is 0 Å². The highest BCUT2D eigenvalue weighted by atomic mass is 16.5. The van der Waals surface area contributed by atoms with Gasteiger partial charge in [-0.05, 0) is 74.0 Å². The van der Waals surface area contributed by atoms with Crippen LogP contribution in [-0.4, -0.2) is 29.9 Å². The molecule has 0 heterocycles. The Morgan fingerprint density at radius 3 is 2.42 bits per heavy atom. The minimum absolute atomic E-state index is 0.0109. The monoisotopic (exact) mass is 450 g/mol. The van der Waals surface area contributed by atoms with Crippen molar-refractivity contribution < 1.29 is 23.9 Å². The fourth-order valence-electron chi connectivity index (χ4n) is 7.62. The van der Waals surface area contributed by atoms with E-state index < -0.39 is 0 Å². The van der Waals surface area contributed by atoms with Crippen molar-refractivity contribution in [2.45, 2.75) is 77.9 Å². The number of hydrogen-bond acceptors (Lipinski definition) is 5. The average molecular weight is 451 g/mol. The van der Waals surface area contributed by atoms with Crippen LogP contribution in [0.4, 0.5) is 0 Å². The molecule has 7 atom stereocenters. The first-order chi connectivity index (χ1) is 15.7. The molecule has 0 radical (unpaired) electrons. The molecule has 5 heteroatoms. The third-order valence-corrected chi connectivity index (χ3v) is 9.41. The molecule has 5 nitrogen and oxygen atoms in total. The first-order valence-electron chi connectivity index (χ1n) is 12.4. The molecule has 0 aromatic heterocycles. The molecule has 4 aliphatic carbocycles. The Bertz CT molecular complexity index is 997. The number of allylic oxidation sites excluding steroid dienone is 1. The number of carbonyl (C=O) groups is 3. The summed E-state index contributed by atoms with van der Waals surface area (Å²) in [6.07, 6.45) is 7.75. The summed E-state index contributed by atoms with van der Waals surface area (Å²) in [6, 6.07) is 9.17. The standard InChI is InChI=1S/C28H34O5/c1-17(29)32-20-11-13-27(2)19(15-20)16-23(30)25-21-9-10-24(28(21,3)14-12-22(25)27)33-26(31)18-7-5-4-6-8-18/h4-8,16,20-22,24-25H,9-15H2,1-3H3/t20-,21+,22-,24-,25-,27-,28-/m0/s1. The van der Waals surface area contributed by atoms with Gasteiger partial charge >= 0.3 is 11.9 Å². The van der Waals surface area contributed by atoms with Crippen molar-refractivity contribution in [1.82, 2.24) is 0 Å². The van der Waals surface area contributed by atoms with Crippen molar-refractivity contribution in [3.63, 3.8) is 0 Å². The lowest BCUT2D eigenvalue weighted by molar-refractivity contribution is -0.149. The summed E-state index contributed by atoms with van der Waals surface area (Å²) in [5, 5.41) is 0. The number of ketones is 1. The molecule has 1 aromatic carbocycles. The minimum Gasteiger partial charge on any atom is -0.462 e. The highest BCUT2D eigenvalue weighted by Crippen LogP contribution is 2.64. The van der Waals surface area contributed by atoms with Crippen LogP contribution in [0.3, 0.4) is 0 Å². The van der Waals surface area contributed by atoms with E-state index in [1.165, 1.54) is 12.5 Å². The number of esters is 2. The smallest absolute Gasteiger partial charge is 0.338 e. The maximum Gasteiger partial charge on any atom is 0.338 e. The zero-order chi connectivity index (χ0) is 23.4. The summed E-state index contributed by atoms with van der Waals surface area (Å²) in [7, 11) is 0. The van der Waals surface area contributed by atoms with Crippen LogP contribution in [0.25, 0.3) is 0 Å². The van der Waals surface area contributed by atoms with E-state index in [1.54, 1.807) is 12.1 Å². The predicted molar refractivity (Wildman–Crippen MR) is 123 cm³/mol. The molecule has 0 spiro atoms. The van der Waals surface area contributed by atoms with Gasteiger partial charge in [-0.2, -0.15) is 0 Å². The molecule has 5 rings (SSSR count). The van der Waals surface area contributed by atoms with E-state index in [-0.39, 0.29) is 52.6 Å². The van der Waals surface area contributed by atoms with E-state index in [9.17, 15) is 14.4 Å². The van der Waals surface area contributed by atoms with E-state index >= 15 is 0 Å². The Labute approximate surface area is 195 Å². The van der Waals surface area contributed by atoms with E-state index in [2.05, 4.69) is 13.8 Å². The average Bonchev–Trinajstić information content (AvgIpc) is 3.11. The van der Waals surface area contributed by atoms with Crippen LogP contribution in [0.2, 0.25) is 0 Å². The van der Waals surface area contributed by atoms with Crippen LogP contribution in [0.5, 0.6) is 0 Å². The summed E-state index contributed by atoms with van der Waals surface area (Å²) in [5.41, 5.74) is 1.56. The van der Waals surface area contributed by atoms with Crippen LogP contribution in [0.1, 0.15) is 76.1 Å². The normalized spacial score (nSPS) is 39.5. The summed E-state index contributed by atoms with van der Waals surface area (Å²) in [4.78, 5) is 37.7.